The summed E-state index contributed by atoms with van der Waals surface area (Å²) in [4.78, 5) is 23.5. The molecule has 0 aromatic heterocycles. The van der Waals surface area contributed by atoms with E-state index in [9.17, 15) is 9.59 Å². The zero-order valence-electron chi connectivity index (χ0n) is 16.6. The highest BCUT2D eigenvalue weighted by Crippen LogP contribution is 2.65. The van der Waals surface area contributed by atoms with Crippen LogP contribution < -0.4 is 0 Å². The van der Waals surface area contributed by atoms with E-state index in [1.54, 1.807) is 6.92 Å². The minimum atomic E-state index is -0.157. The normalized spacial score (nSPS) is 44.2. The van der Waals surface area contributed by atoms with Crippen molar-refractivity contribution in [2.75, 3.05) is 0 Å². The molecular formula is C23H32O3. The maximum absolute atomic E-state index is 12.2. The van der Waals surface area contributed by atoms with Crippen LogP contribution in [0.4, 0.5) is 0 Å². The van der Waals surface area contributed by atoms with E-state index in [0.29, 0.717) is 17.8 Å². The predicted molar refractivity (Wildman–Crippen MR) is 101 cm³/mol. The van der Waals surface area contributed by atoms with Gasteiger partial charge in [0.25, 0.3) is 0 Å². The van der Waals surface area contributed by atoms with Gasteiger partial charge in [-0.1, -0.05) is 31.6 Å². The number of carbonyl (C=O) groups excluding carboxylic acids is 2. The highest BCUT2D eigenvalue weighted by atomic mass is 16.5. The molecule has 0 spiro atoms. The molecule has 26 heavy (non-hydrogen) atoms. The summed E-state index contributed by atoms with van der Waals surface area (Å²) in [6.07, 6.45) is 12.3. The van der Waals surface area contributed by atoms with E-state index in [-0.39, 0.29) is 28.7 Å². The van der Waals surface area contributed by atoms with Gasteiger partial charge < -0.3 is 4.74 Å². The average molecular weight is 357 g/mol. The van der Waals surface area contributed by atoms with E-state index in [2.05, 4.69) is 26.0 Å². The Balaban J connectivity index is 1.59. The largest absolute Gasteiger partial charge is 0.462 e. The number of Topliss-reactive ketones (excluding diaryl/α,β-unsaturated/α-hetero) is 1. The van der Waals surface area contributed by atoms with Gasteiger partial charge in [0.2, 0.25) is 0 Å². The van der Waals surface area contributed by atoms with Gasteiger partial charge in [-0.25, -0.2) is 0 Å². The van der Waals surface area contributed by atoms with E-state index in [1.807, 2.05) is 0 Å². The standard InChI is InChI=1S/C23H32O3/c1-14(24)19-7-8-20-18-6-5-16-13-17(26-15(2)25)9-11-22(16,3)21(18)10-12-23(19,20)4/h5,7,17-18,20-21H,6,8-13H2,1-4H3/t17-,18?,20?,21?,22?,23+/m0/s1. The molecule has 2 fully saturated rings. The minimum Gasteiger partial charge on any atom is -0.462 e. The Hall–Kier alpha value is -1.38. The fraction of sp³-hybridized carbons (Fsp3) is 0.739. The summed E-state index contributed by atoms with van der Waals surface area (Å²) in [7, 11) is 0. The lowest BCUT2D eigenvalue weighted by atomic mass is 9.47. The molecule has 4 rings (SSSR count). The Morgan fingerprint density at radius 3 is 2.42 bits per heavy atom. The van der Waals surface area contributed by atoms with Crippen LogP contribution in [-0.2, 0) is 14.3 Å². The molecule has 0 aromatic rings. The van der Waals surface area contributed by atoms with Crippen molar-refractivity contribution in [3.8, 4) is 0 Å². The second kappa shape index (κ2) is 6.07. The molecular weight excluding hydrogens is 324 g/mol. The number of ketones is 1. The zero-order valence-corrected chi connectivity index (χ0v) is 16.6. The number of allylic oxidation sites excluding steroid dienone is 3. The third-order valence-corrected chi connectivity index (χ3v) is 8.35. The van der Waals surface area contributed by atoms with Crippen molar-refractivity contribution in [3.05, 3.63) is 23.3 Å². The van der Waals surface area contributed by atoms with Gasteiger partial charge in [-0.15, -0.1) is 0 Å². The summed E-state index contributed by atoms with van der Waals surface area (Å²) in [5.74, 6) is 2.11. The Morgan fingerprint density at radius 2 is 1.73 bits per heavy atom. The van der Waals surface area contributed by atoms with Crippen LogP contribution in [0.1, 0.15) is 72.6 Å². The summed E-state index contributed by atoms with van der Waals surface area (Å²) >= 11 is 0. The Morgan fingerprint density at radius 1 is 1.00 bits per heavy atom. The summed E-state index contributed by atoms with van der Waals surface area (Å²) in [5.41, 5.74) is 2.96. The molecule has 3 nitrogen and oxygen atoms in total. The van der Waals surface area contributed by atoms with Gasteiger partial charge in [-0.2, -0.15) is 0 Å². The molecule has 3 heteroatoms. The summed E-state index contributed by atoms with van der Waals surface area (Å²) in [6, 6.07) is 0. The van der Waals surface area contributed by atoms with Crippen LogP contribution in [0, 0.1) is 28.6 Å². The molecule has 0 radical (unpaired) electrons. The van der Waals surface area contributed by atoms with Gasteiger partial charge in [-0.3, -0.25) is 9.59 Å². The lowest BCUT2D eigenvalue weighted by Gasteiger charge is -2.57. The summed E-state index contributed by atoms with van der Waals surface area (Å²) < 4.78 is 5.52. The van der Waals surface area contributed by atoms with Gasteiger partial charge in [0, 0.05) is 13.3 Å². The highest BCUT2D eigenvalue weighted by molar-refractivity contribution is 5.95. The number of fused-ring (bicyclic) bond motifs is 5. The number of hydrogen-bond acceptors (Lipinski definition) is 3. The van der Waals surface area contributed by atoms with E-state index < -0.39 is 0 Å². The van der Waals surface area contributed by atoms with Crippen LogP contribution in [0.15, 0.2) is 23.3 Å². The molecule has 6 atom stereocenters. The van der Waals surface area contributed by atoms with E-state index in [4.69, 9.17) is 4.74 Å². The number of rotatable bonds is 2. The van der Waals surface area contributed by atoms with Crippen molar-refractivity contribution in [3.63, 3.8) is 0 Å². The molecule has 4 aliphatic carbocycles. The van der Waals surface area contributed by atoms with Crippen LogP contribution >= 0.6 is 0 Å². The topological polar surface area (TPSA) is 43.4 Å². The van der Waals surface area contributed by atoms with Crippen LogP contribution in [0.3, 0.4) is 0 Å². The van der Waals surface area contributed by atoms with E-state index in [1.165, 1.54) is 18.9 Å². The van der Waals surface area contributed by atoms with Crippen LogP contribution in [0.25, 0.3) is 0 Å². The molecule has 142 valence electrons. The van der Waals surface area contributed by atoms with Crippen LogP contribution in [0.5, 0.6) is 0 Å². The average Bonchev–Trinajstić information content (AvgIpc) is 2.92. The Labute approximate surface area is 157 Å². The minimum absolute atomic E-state index is 0.0645. The Kier molecular flexibility index (Phi) is 4.20. The quantitative estimate of drug-likeness (QED) is 0.516. The third kappa shape index (κ3) is 2.53. The first-order valence-corrected chi connectivity index (χ1v) is 10.3. The number of carbonyl (C=O) groups is 2. The molecule has 2 saturated carbocycles. The molecule has 0 saturated heterocycles. The number of ether oxygens (including phenoxy) is 1. The predicted octanol–water partition coefficient (Wildman–Crippen LogP) is 5.01. The first-order valence-electron chi connectivity index (χ1n) is 10.3. The van der Waals surface area contributed by atoms with Gasteiger partial charge in [-0.05, 0) is 79.6 Å². The highest BCUT2D eigenvalue weighted by Gasteiger charge is 2.57. The first kappa shape index (κ1) is 18.0. The van der Waals surface area contributed by atoms with Gasteiger partial charge >= 0.3 is 5.97 Å². The van der Waals surface area contributed by atoms with Gasteiger partial charge in [0.15, 0.2) is 5.78 Å². The first-order chi connectivity index (χ1) is 12.3. The molecule has 0 aromatic carbocycles. The van der Waals surface area contributed by atoms with Crippen molar-refractivity contribution in [1.82, 2.24) is 0 Å². The molecule has 0 heterocycles. The monoisotopic (exact) mass is 356 g/mol. The van der Waals surface area contributed by atoms with E-state index in [0.717, 1.165) is 44.1 Å². The smallest absolute Gasteiger partial charge is 0.302 e. The van der Waals surface area contributed by atoms with Crippen molar-refractivity contribution in [2.24, 2.45) is 28.6 Å². The second-order valence-electron chi connectivity index (χ2n) is 9.60. The molecule has 4 aliphatic rings. The molecule has 4 unspecified atom stereocenters. The van der Waals surface area contributed by atoms with Crippen molar-refractivity contribution >= 4 is 11.8 Å². The Bertz CT molecular complexity index is 702. The maximum atomic E-state index is 12.2. The van der Waals surface area contributed by atoms with Crippen LogP contribution in [-0.4, -0.2) is 17.9 Å². The zero-order chi connectivity index (χ0) is 18.7. The molecule has 0 aliphatic heterocycles. The van der Waals surface area contributed by atoms with Crippen LogP contribution in [0.2, 0.25) is 0 Å². The number of hydrogen-bond donors (Lipinski definition) is 0. The summed E-state index contributed by atoms with van der Waals surface area (Å²) in [6.45, 7) is 8.05. The second-order valence-corrected chi connectivity index (χ2v) is 9.60. The maximum Gasteiger partial charge on any atom is 0.302 e. The van der Waals surface area contributed by atoms with E-state index >= 15 is 0 Å². The fourth-order valence-electron chi connectivity index (χ4n) is 7.08. The SMILES string of the molecule is CC(=O)O[C@H]1CCC2(C)C(=CCC3C2CC[C@]2(C)C(C(C)=O)=CCC32)C1. The van der Waals surface area contributed by atoms with Gasteiger partial charge in [0.1, 0.15) is 6.10 Å². The molecule has 0 N–H and O–H groups in total. The lowest BCUT2D eigenvalue weighted by molar-refractivity contribution is -0.148. The van der Waals surface area contributed by atoms with Gasteiger partial charge in [0.05, 0.1) is 0 Å². The number of esters is 1. The van der Waals surface area contributed by atoms with Crippen molar-refractivity contribution in [1.29, 1.82) is 0 Å². The third-order valence-electron chi connectivity index (χ3n) is 8.35. The molecule has 0 amide bonds. The van der Waals surface area contributed by atoms with Crippen molar-refractivity contribution in [2.45, 2.75) is 78.7 Å². The fourth-order valence-corrected chi connectivity index (χ4v) is 7.08. The van der Waals surface area contributed by atoms with Crippen molar-refractivity contribution < 1.29 is 14.3 Å². The summed E-state index contributed by atoms with van der Waals surface area (Å²) in [5, 5.41) is 0. The lowest BCUT2D eigenvalue weighted by Crippen LogP contribution is -2.50. The molecule has 0 bridgehead atoms.